The number of carbonyl (C=O) groups excluding carboxylic acids is 1. The number of piperazine rings is 1. The number of halogens is 1. The Morgan fingerprint density at radius 2 is 1.77 bits per heavy atom. The molecule has 1 saturated heterocycles. The van der Waals surface area contributed by atoms with Crippen molar-refractivity contribution in [1.29, 1.82) is 0 Å². The second-order valence-electron chi connectivity index (χ2n) is 8.15. The number of anilines is 1. The predicted octanol–water partition coefficient (Wildman–Crippen LogP) is 3.73. The van der Waals surface area contributed by atoms with Crippen LogP contribution < -0.4 is 9.64 Å². The van der Waals surface area contributed by atoms with E-state index in [1.807, 2.05) is 12.1 Å². The molecule has 7 heteroatoms. The van der Waals surface area contributed by atoms with Crippen LogP contribution in [-0.2, 0) is 15.6 Å². The fraction of sp³-hybridized carbons (Fsp3) is 0.458. The SMILES string of the molecule is Cc1cc(OCC[S@@](=O)CC(=O)N2CCN(c3ccc(F)cc3)CC2)ccc1C(C)C. The van der Waals surface area contributed by atoms with Crippen LogP contribution in [-0.4, -0.2) is 59.3 Å². The third kappa shape index (κ3) is 6.53. The molecule has 0 N–H and O–H groups in total. The van der Waals surface area contributed by atoms with E-state index >= 15 is 0 Å². The van der Waals surface area contributed by atoms with E-state index in [1.165, 1.54) is 23.3 Å². The molecule has 5 nitrogen and oxygen atoms in total. The zero-order chi connectivity index (χ0) is 22.4. The maximum Gasteiger partial charge on any atom is 0.235 e. The van der Waals surface area contributed by atoms with Crippen LogP contribution in [0.15, 0.2) is 42.5 Å². The summed E-state index contributed by atoms with van der Waals surface area (Å²) in [5.41, 5.74) is 3.43. The van der Waals surface area contributed by atoms with Gasteiger partial charge in [-0.15, -0.1) is 0 Å². The summed E-state index contributed by atoms with van der Waals surface area (Å²) < 4.78 is 31.2. The van der Waals surface area contributed by atoms with Gasteiger partial charge in [0.05, 0.1) is 12.4 Å². The highest BCUT2D eigenvalue weighted by molar-refractivity contribution is 7.85. The van der Waals surface area contributed by atoms with E-state index in [1.54, 1.807) is 17.0 Å². The molecule has 1 fully saturated rings. The number of amides is 1. The average Bonchev–Trinajstić information content (AvgIpc) is 2.74. The second-order valence-corrected chi connectivity index (χ2v) is 9.73. The summed E-state index contributed by atoms with van der Waals surface area (Å²) in [5, 5.41) is 0. The summed E-state index contributed by atoms with van der Waals surface area (Å²) in [7, 11) is -1.26. The third-order valence-electron chi connectivity index (χ3n) is 5.55. The number of hydrogen-bond donors (Lipinski definition) is 0. The molecule has 0 bridgehead atoms. The lowest BCUT2D eigenvalue weighted by Crippen LogP contribution is -2.50. The number of benzene rings is 2. The zero-order valence-corrected chi connectivity index (χ0v) is 19.3. The first-order chi connectivity index (χ1) is 14.8. The molecule has 3 rings (SSSR count). The maximum absolute atomic E-state index is 13.1. The minimum atomic E-state index is -1.26. The van der Waals surface area contributed by atoms with E-state index in [0.29, 0.717) is 44.5 Å². The van der Waals surface area contributed by atoms with Gasteiger partial charge in [-0.3, -0.25) is 9.00 Å². The summed E-state index contributed by atoms with van der Waals surface area (Å²) in [6.45, 7) is 9.21. The molecule has 168 valence electrons. The van der Waals surface area contributed by atoms with Crippen molar-refractivity contribution in [3.05, 3.63) is 59.4 Å². The molecule has 1 heterocycles. The summed E-state index contributed by atoms with van der Waals surface area (Å²) in [6, 6.07) is 12.4. The molecular formula is C24H31FN2O3S. The van der Waals surface area contributed by atoms with Crippen LogP contribution in [0.5, 0.6) is 5.75 Å². The molecule has 1 amide bonds. The number of aryl methyl sites for hydroxylation is 1. The maximum atomic E-state index is 13.1. The van der Waals surface area contributed by atoms with Crippen LogP contribution in [0.4, 0.5) is 10.1 Å². The first-order valence-corrected chi connectivity index (χ1v) is 12.2. The van der Waals surface area contributed by atoms with Gasteiger partial charge in [-0.25, -0.2) is 4.39 Å². The van der Waals surface area contributed by atoms with Gasteiger partial charge in [0.15, 0.2) is 0 Å². The van der Waals surface area contributed by atoms with Gasteiger partial charge in [0, 0.05) is 42.7 Å². The lowest BCUT2D eigenvalue weighted by Gasteiger charge is -2.36. The van der Waals surface area contributed by atoms with Crippen molar-refractivity contribution in [2.75, 3.05) is 49.2 Å². The molecule has 2 aromatic carbocycles. The van der Waals surface area contributed by atoms with E-state index in [4.69, 9.17) is 4.74 Å². The van der Waals surface area contributed by atoms with Gasteiger partial charge in [0.25, 0.3) is 0 Å². The molecule has 0 radical (unpaired) electrons. The summed E-state index contributed by atoms with van der Waals surface area (Å²) in [5.74, 6) is 1.23. The molecule has 1 atom stereocenters. The van der Waals surface area contributed by atoms with Gasteiger partial charge in [-0.05, 0) is 60.4 Å². The van der Waals surface area contributed by atoms with E-state index in [2.05, 4.69) is 31.7 Å². The second kappa shape index (κ2) is 10.8. The topological polar surface area (TPSA) is 49.9 Å². The molecule has 0 aromatic heterocycles. The van der Waals surface area contributed by atoms with Gasteiger partial charge in [0.1, 0.15) is 17.3 Å². The lowest BCUT2D eigenvalue weighted by molar-refractivity contribution is -0.128. The number of nitrogens with zero attached hydrogens (tertiary/aromatic N) is 2. The summed E-state index contributed by atoms with van der Waals surface area (Å²) >= 11 is 0. The standard InChI is InChI=1S/C24H31FN2O3S/c1-18(2)23-9-8-22(16-19(23)3)30-14-15-31(29)17-24(28)27-12-10-26(11-13-27)21-6-4-20(25)5-7-21/h4-9,16,18H,10-15,17H2,1-3H3/t31-/m1/s1. The van der Waals surface area contributed by atoms with E-state index < -0.39 is 10.8 Å². The first kappa shape index (κ1) is 23.3. The largest absolute Gasteiger partial charge is 0.493 e. The van der Waals surface area contributed by atoms with E-state index in [9.17, 15) is 13.4 Å². The van der Waals surface area contributed by atoms with Gasteiger partial charge < -0.3 is 14.5 Å². The van der Waals surface area contributed by atoms with Crippen molar-refractivity contribution in [3.63, 3.8) is 0 Å². The van der Waals surface area contributed by atoms with Crippen LogP contribution in [0.1, 0.15) is 30.9 Å². The van der Waals surface area contributed by atoms with Crippen LogP contribution >= 0.6 is 0 Å². The lowest BCUT2D eigenvalue weighted by atomic mass is 9.98. The highest BCUT2D eigenvalue weighted by Crippen LogP contribution is 2.23. The smallest absolute Gasteiger partial charge is 0.235 e. The van der Waals surface area contributed by atoms with Crippen LogP contribution in [0.2, 0.25) is 0 Å². The Bertz CT molecular complexity index is 910. The molecule has 0 unspecified atom stereocenters. The molecule has 1 aliphatic rings. The molecule has 0 saturated carbocycles. The van der Waals surface area contributed by atoms with Crippen molar-refractivity contribution in [3.8, 4) is 5.75 Å². The molecule has 0 aliphatic carbocycles. The minimum Gasteiger partial charge on any atom is -0.493 e. The normalized spacial score (nSPS) is 15.3. The highest BCUT2D eigenvalue weighted by atomic mass is 32.2. The monoisotopic (exact) mass is 446 g/mol. The van der Waals surface area contributed by atoms with Gasteiger partial charge in [-0.1, -0.05) is 19.9 Å². The third-order valence-corrected chi connectivity index (χ3v) is 6.74. The number of carbonyl (C=O) groups is 1. The fourth-order valence-corrected chi connectivity index (χ4v) is 4.68. The Balaban J connectivity index is 1.39. The summed E-state index contributed by atoms with van der Waals surface area (Å²) in [6.07, 6.45) is 0. The molecular weight excluding hydrogens is 415 g/mol. The van der Waals surface area contributed by atoms with Crippen molar-refractivity contribution < 1.29 is 18.1 Å². The minimum absolute atomic E-state index is 0.0191. The quantitative estimate of drug-likeness (QED) is 0.620. The highest BCUT2D eigenvalue weighted by Gasteiger charge is 2.22. The van der Waals surface area contributed by atoms with Crippen molar-refractivity contribution >= 4 is 22.4 Å². The summed E-state index contributed by atoms with van der Waals surface area (Å²) in [4.78, 5) is 16.4. The van der Waals surface area contributed by atoms with Gasteiger partial charge in [0.2, 0.25) is 5.91 Å². The van der Waals surface area contributed by atoms with E-state index in [0.717, 1.165) is 11.4 Å². The number of ether oxygens (including phenoxy) is 1. The number of rotatable bonds is 8. The molecule has 2 aromatic rings. The molecule has 1 aliphatic heterocycles. The van der Waals surface area contributed by atoms with Crippen molar-refractivity contribution in [2.24, 2.45) is 0 Å². The van der Waals surface area contributed by atoms with Crippen LogP contribution in [0.3, 0.4) is 0 Å². The Kier molecular flexibility index (Phi) is 8.07. The predicted molar refractivity (Wildman–Crippen MR) is 124 cm³/mol. The Hall–Kier alpha value is -2.41. The van der Waals surface area contributed by atoms with Crippen LogP contribution in [0, 0.1) is 12.7 Å². The van der Waals surface area contributed by atoms with Gasteiger partial charge >= 0.3 is 0 Å². The Morgan fingerprint density at radius 3 is 2.39 bits per heavy atom. The molecule has 31 heavy (non-hydrogen) atoms. The zero-order valence-electron chi connectivity index (χ0n) is 18.5. The van der Waals surface area contributed by atoms with Gasteiger partial charge in [-0.2, -0.15) is 0 Å². The Morgan fingerprint density at radius 1 is 1.10 bits per heavy atom. The fourth-order valence-electron chi connectivity index (χ4n) is 3.81. The van der Waals surface area contributed by atoms with E-state index in [-0.39, 0.29) is 17.5 Å². The van der Waals surface area contributed by atoms with Crippen molar-refractivity contribution in [2.45, 2.75) is 26.7 Å². The van der Waals surface area contributed by atoms with Crippen molar-refractivity contribution in [1.82, 2.24) is 4.90 Å². The van der Waals surface area contributed by atoms with Crippen LogP contribution in [0.25, 0.3) is 0 Å². The first-order valence-electron chi connectivity index (χ1n) is 10.7. The average molecular weight is 447 g/mol. The molecule has 0 spiro atoms. The Labute approximate surface area is 186 Å². The number of hydrogen-bond acceptors (Lipinski definition) is 4.